The Morgan fingerprint density at radius 1 is 1.11 bits per heavy atom. The molecule has 1 aliphatic rings. The number of hydrogen-bond donors (Lipinski definition) is 4. The molecule has 0 aromatic rings. The van der Waals surface area contributed by atoms with Crippen LogP contribution in [0.25, 0.3) is 0 Å². The summed E-state index contributed by atoms with van der Waals surface area (Å²) in [5, 5.41) is 0. The van der Waals surface area contributed by atoms with Gasteiger partial charge in [-0.1, -0.05) is 0 Å². The van der Waals surface area contributed by atoms with Gasteiger partial charge in [0, 0.05) is 7.05 Å². The Labute approximate surface area is 107 Å². The molecule has 0 atom stereocenters. The summed E-state index contributed by atoms with van der Waals surface area (Å²) in [7, 11) is -2.91. The molecule has 15 heteroatoms. The quantitative estimate of drug-likeness (QED) is 0.312. The molecule has 19 heavy (non-hydrogen) atoms. The fourth-order valence-corrected chi connectivity index (χ4v) is 0.532. The van der Waals surface area contributed by atoms with Crippen LogP contribution in [0, 0.1) is 0 Å². The van der Waals surface area contributed by atoms with Gasteiger partial charge in [-0.15, -0.1) is 0 Å². The van der Waals surface area contributed by atoms with E-state index in [9.17, 15) is 4.79 Å². The number of phosphoric acid groups is 1. The number of nitrogens with two attached hydrogens (primary N) is 1. The largest absolute Gasteiger partial charge is 0.466 e. The second kappa shape index (κ2) is 16.8. The standard InChI is InChI=1S/C4H7N3O.H3O4P.6H2O/c1-7-2-3(8)6-4(7)5;1-5(2,3)4;;;;;;/h2H2,1H3,(H2,5,6,8);(H3,1,2,3,4);6*1H2. The number of carbonyl (C=O) groups excluding carboxylic acids is 1. The first kappa shape index (κ1) is 43.1. The molecule has 1 amide bonds. The zero-order valence-corrected chi connectivity index (χ0v) is 10.7. The van der Waals surface area contributed by atoms with Crippen molar-refractivity contribution in [1.82, 2.24) is 4.90 Å². The second-order valence-corrected chi connectivity index (χ2v) is 3.26. The number of carbonyl (C=O) groups is 1. The molecule has 0 aromatic carbocycles. The van der Waals surface area contributed by atoms with E-state index in [2.05, 4.69) is 4.99 Å². The van der Waals surface area contributed by atoms with Gasteiger partial charge in [0.2, 0.25) is 0 Å². The topological polar surface area (TPSA) is 325 Å². The molecule has 1 heterocycles. The van der Waals surface area contributed by atoms with Crippen molar-refractivity contribution in [2.75, 3.05) is 13.6 Å². The molecule has 0 radical (unpaired) electrons. The Bertz CT molecular complexity index is 269. The second-order valence-electron chi connectivity index (χ2n) is 2.23. The van der Waals surface area contributed by atoms with Crippen LogP contribution in [-0.2, 0) is 9.36 Å². The first-order valence-corrected chi connectivity index (χ1v) is 4.63. The van der Waals surface area contributed by atoms with E-state index in [1.165, 1.54) is 0 Å². The van der Waals surface area contributed by atoms with E-state index in [1.54, 1.807) is 11.9 Å². The zero-order chi connectivity index (χ0) is 10.6. The number of aliphatic imine (C=N–C) groups is 1. The highest BCUT2D eigenvalue weighted by atomic mass is 31.2. The summed E-state index contributed by atoms with van der Waals surface area (Å²) < 4.78 is 8.88. The average Bonchev–Trinajstić information content (AvgIpc) is 2.05. The lowest BCUT2D eigenvalue weighted by Gasteiger charge is -2.05. The van der Waals surface area contributed by atoms with Crippen LogP contribution < -0.4 is 5.73 Å². The summed E-state index contributed by atoms with van der Waals surface area (Å²) in [6.07, 6.45) is 0. The Kier molecular flexibility index (Phi) is 38.1. The predicted octanol–water partition coefficient (Wildman–Crippen LogP) is -7.10. The molecule has 0 fully saturated rings. The maximum Gasteiger partial charge on any atom is 0.466 e. The minimum absolute atomic E-state index is 0. The van der Waals surface area contributed by atoms with Crippen LogP contribution in [-0.4, -0.2) is 77.9 Å². The molecule has 124 valence electrons. The molecule has 1 rings (SSSR count). The van der Waals surface area contributed by atoms with Gasteiger partial charge in [-0.05, 0) is 0 Å². The molecule has 1 aliphatic heterocycles. The number of hydrogen-bond acceptors (Lipinski definition) is 4. The third kappa shape index (κ3) is 31.6. The normalized spacial score (nSPS) is 11.3. The van der Waals surface area contributed by atoms with E-state index < -0.39 is 7.82 Å². The lowest BCUT2D eigenvalue weighted by molar-refractivity contribution is -0.116. The summed E-state index contributed by atoms with van der Waals surface area (Å²) in [5.74, 6) is 0.153. The van der Waals surface area contributed by atoms with Crippen molar-refractivity contribution in [3.8, 4) is 0 Å². The van der Waals surface area contributed by atoms with Crippen LogP contribution in [0.3, 0.4) is 0 Å². The van der Waals surface area contributed by atoms with Gasteiger partial charge in [-0.2, -0.15) is 4.99 Å². The maximum absolute atomic E-state index is 10.4. The van der Waals surface area contributed by atoms with E-state index in [1.807, 2.05) is 0 Å². The molecule has 14 nitrogen and oxygen atoms in total. The van der Waals surface area contributed by atoms with E-state index in [-0.39, 0.29) is 38.8 Å². The van der Waals surface area contributed by atoms with Gasteiger partial charge in [-0.25, -0.2) is 4.57 Å². The fraction of sp³-hybridized carbons (Fsp3) is 0.500. The van der Waals surface area contributed by atoms with Gasteiger partial charge in [0.25, 0.3) is 5.91 Å². The first-order valence-electron chi connectivity index (χ1n) is 3.06. The van der Waals surface area contributed by atoms with Crippen molar-refractivity contribution in [3.05, 3.63) is 0 Å². The fourth-order valence-electron chi connectivity index (χ4n) is 0.532. The van der Waals surface area contributed by atoms with Crippen molar-refractivity contribution in [2.45, 2.75) is 0 Å². The van der Waals surface area contributed by atoms with Crippen LogP contribution in [0.15, 0.2) is 4.99 Å². The van der Waals surface area contributed by atoms with Crippen LogP contribution in [0.4, 0.5) is 0 Å². The summed E-state index contributed by atoms with van der Waals surface area (Å²) in [6.45, 7) is 0.325. The highest BCUT2D eigenvalue weighted by molar-refractivity contribution is 7.45. The Morgan fingerprint density at radius 3 is 1.42 bits per heavy atom. The van der Waals surface area contributed by atoms with Gasteiger partial charge in [0.1, 0.15) is 6.54 Å². The molecule has 0 unspecified atom stereocenters. The number of guanidine groups is 1. The van der Waals surface area contributed by atoms with Crippen molar-refractivity contribution in [1.29, 1.82) is 0 Å². The lowest BCUT2D eigenvalue weighted by atomic mass is 10.6. The van der Waals surface area contributed by atoms with Gasteiger partial charge in [0.05, 0.1) is 0 Å². The summed E-state index contributed by atoms with van der Waals surface area (Å²) in [4.78, 5) is 37.0. The number of nitrogens with zero attached hydrogens (tertiary/aromatic N) is 2. The molecule has 17 N–H and O–H groups in total. The van der Waals surface area contributed by atoms with Crippen molar-refractivity contribution in [2.24, 2.45) is 10.7 Å². The maximum atomic E-state index is 10.4. The van der Waals surface area contributed by atoms with Crippen LogP contribution >= 0.6 is 7.82 Å². The lowest BCUT2D eigenvalue weighted by Crippen LogP contribution is -2.29. The summed E-state index contributed by atoms with van der Waals surface area (Å²) >= 11 is 0. The molecule has 0 spiro atoms. The number of rotatable bonds is 0. The SMILES string of the molecule is CN1CC(=O)N=C1N.O.O.O.O.O.O.O=P(O)(O)O. The Morgan fingerprint density at radius 2 is 1.37 bits per heavy atom. The van der Waals surface area contributed by atoms with E-state index in [0.717, 1.165) is 0 Å². The molecule has 0 aromatic heterocycles. The van der Waals surface area contributed by atoms with E-state index in [0.29, 0.717) is 12.5 Å². The number of amides is 1. The Hall–Kier alpha value is -1.19. The molecule has 0 saturated carbocycles. The van der Waals surface area contributed by atoms with E-state index >= 15 is 0 Å². The average molecular weight is 319 g/mol. The molecular formula is C4H22N3O11P. The molecule has 0 aliphatic carbocycles. The minimum Gasteiger partial charge on any atom is -0.412 e. The highest BCUT2D eigenvalue weighted by Crippen LogP contribution is 2.25. The minimum atomic E-state index is -4.64. The van der Waals surface area contributed by atoms with Gasteiger partial charge < -0.3 is 58.2 Å². The van der Waals surface area contributed by atoms with Crippen LogP contribution in [0.1, 0.15) is 0 Å². The highest BCUT2D eigenvalue weighted by Gasteiger charge is 2.15. The number of likely N-dealkylation sites (N-methyl/N-ethyl adjacent to an activating group) is 1. The van der Waals surface area contributed by atoms with Crippen LogP contribution in [0.2, 0.25) is 0 Å². The van der Waals surface area contributed by atoms with Crippen molar-refractivity contribution >= 4 is 19.7 Å². The first-order chi connectivity index (χ1) is 5.70. The third-order valence-electron chi connectivity index (χ3n) is 1.00. The van der Waals surface area contributed by atoms with Gasteiger partial charge >= 0.3 is 7.82 Å². The smallest absolute Gasteiger partial charge is 0.412 e. The van der Waals surface area contributed by atoms with Gasteiger partial charge in [0.15, 0.2) is 5.96 Å². The van der Waals surface area contributed by atoms with E-state index in [4.69, 9.17) is 25.0 Å². The Balaban J connectivity index is -0.0000000243. The molecular weight excluding hydrogens is 297 g/mol. The monoisotopic (exact) mass is 319 g/mol. The summed E-state index contributed by atoms with van der Waals surface area (Å²) in [5.41, 5.74) is 5.22. The third-order valence-corrected chi connectivity index (χ3v) is 1.00. The summed E-state index contributed by atoms with van der Waals surface area (Å²) in [6, 6.07) is 0. The van der Waals surface area contributed by atoms with Gasteiger partial charge in [-0.3, -0.25) is 4.79 Å². The van der Waals surface area contributed by atoms with Crippen molar-refractivity contribution in [3.63, 3.8) is 0 Å². The predicted molar refractivity (Wildman–Crippen MR) is 65.2 cm³/mol. The molecule has 0 bridgehead atoms. The zero-order valence-electron chi connectivity index (χ0n) is 9.78. The van der Waals surface area contributed by atoms with Crippen LogP contribution in [0.5, 0.6) is 0 Å². The molecule has 0 saturated heterocycles. The van der Waals surface area contributed by atoms with Crippen molar-refractivity contribution < 1.29 is 56.9 Å².